The van der Waals surface area contributed by atoms with Gasteiger partial charge in [-0.3, -0.25) is 14.4 Å². The minimum absolute atomic E-state index is 0. The number of aromatic nitrogens is 5. The summed E-state index contributed by atoms with van der Waals surface area (Å²) in [6.45, 7) is 24.1. The Morgan fingerprint density at radius 1 is 0.357 bits per heavy atom. The van der Waals surface area contributed by atoms with Crippen LogP contribution in [-0.4, -0.2) is 57.6 Å². The van der Waals surface area contributed by atoms with Crippen molar-refractivity contribution in [1.29, 1.82) is 0 Å². The number of para-hydroxylation sites is 4. The van der Waals surface area contributed by atoms with E-state index in [-0.39, 0.29) is 120 Å². The van der Waals surface area contributed by atoms with Crippen LogP contribution in [0.15, 0.2) is 321 Å². The van der Waals surface area contributed by atoms with Crippen LogP contribution in [-0.2, 0) is 94.8 Å². The zero-order chi connectivity index (χ0) is 86.9. The summed E-state index contributed by atoms with van der Waals surface area (Å²) in [7, 11) is 0. The largest absolute Gasteiger partial charge is 0.512 e. The summed E-state index contributed by atoms with van der Waals surface area (Å²) < 4.78 is 24.1. The van der Waals surface area contributed by atoms with E-state index in [9.17, 15) is 24.6 Å². The van der Waals surface area contributed by atoms with Crippen molar-refractivity contribution in [1.82, 2.24) is 24.9 Å². The molecular weight excluding hydrogens is 2280 g/mol. The third-order valence-electron chi connectivity index (χ3n) is 18.8. The number of nitrogens with zero attached hydrogens (tertiary/aromatic N) is 5. The summed E-state index contributed by atoms with van der Waals surface area (Å²) in [5.74, 6) is 7.65. The predicted molar refractivity (Wildman–Crippen MR) is 486 cm³/mol. The van der Waals surface area contributed by atoms with E-state index in [4.69, 9.17) is 24.1 Å². The van der Waals surface area contributed by atoms with Crippen LogP contribution < -0.4 is 18.9 Å². The smallest absolute Gasteiger partial charge is 0.164 e. The van der Waals surface area contributed by atoms with Gasteiger partial charge in [0, 0.05) is 199 Å². The standard InChI is InChI=1S/C18H12NO.3C17H10NO.C11H8N.2C11H20O2.C5H8O2.4Ir/c1-12-10-11-19-18-14-7-3-5-9-16(14)20-15-8-4-2-6-13(15)17(12)18;3*1-3-9-15-12(6-1)13-8-5-11-18-17(13)14-7-2-4-10-16(14)19-15;1-2-6-10(7-3-1)11-8-4-5-9-12-11;1-10(2,3)8(12)7-9(13)11(4,5)6;1-8(2)5-10(12)7-11(13)6-9(3)4;1-4(6)3-5(2)7;;;;/h2-6,8-11H,1H3;3*1-6,8-11H;1-6,8-9H;7,12H,1-6H3;7-9,12H,5-6H2,1-4H3;3,6H,1-2H3;;;;/q5*-1;;;;;;;. The molecule has 0 saturated heterocycles. The Kier molecular flexibility index (Phi) is 39.0. The van der Waals surface area contributed by atoms with Gasteiger partial charge in [-0.15, -0.1) is 133 Å². The molecule has 15 nitrogen and oxygen atoms in total. The molecule has 3 N–H and O–H groups in total. The third-order valence-corrected chi connectivity index (χ3v) is 18.8. The Hall–Kier alpha value is -11.8. The van der Waals surface area contributed by atoms with Crippen molar-refractivity contribution in [2.24, 2.45) is 22.7 Å². The van der Waals surface area contributed by atoms with E-state index in [1.807, 2.05) is 288 Å². The molecule has 9 heterocycles. The summed E-state index contributed by atoms with van der Waals surface area (Å²) in [6.07, 6.45) is 14.0. The molecule has 9 aromatic carbocycles. The average Bonchev–Trinajstić information content (AvgIpc) is 1.64. The summed E-state index contributed by atoms with van der Waals surface area (Å²) in [5, 5.41) is 27.3. The van der Waals surface area contributed by atoms with Crippen LogP contribution in [0.3, 0.4) is 0 Å². The molecule has 4 aliphatic heterocycles. The first-order valence-corrected chi connectivity index (χ1v) is 40.3. The van der Waals surface area contributed by atoms with Crippen molar-refractivity contribution in [3.8, 4) is 147 Å². The summed E-state index contributed by atoms with van der Waals surface area (Å²) in [6, 6.07) is 99.1. The molecule has 0 bridgehead atoms. The molecule has 0 amide bonds. The summed E-state index contributed by atoms with van der Waals surface area (Å²) in [4.78, 5) is 55.0. The van der Waals surface area contributed by atoms with Gasteiger partial charge in [0.25, 0.3) is 0 Å². The predicted octanol–water partition coefficient (Wildman–Crippen LogP) is 27.3. The monoisotopic (exact) mass is 2380 g/mol. The van der Waals surface area contributed by atoms with E-state index in [0.29, 0.717) is 24.7 Å². The van der Waals surface area contributed by atoms with Crippen LogP contribution >= 0.6 is 0 Å². The second-order valence-electron chi connectivity index (χ2n) is 31.7. The number of aryl methyl sites for hydroxylation is 1. The molecule has 652 valence electrons. The summed E-state index contributed by atoms with van der Waals surface area (Å²) in [5.41, 5.74) is 18.4. The number of aliphatic hydroxyl groups excluding tert-OH is 3. The second-order valence-corrected chi connectivity index (χ2v) is 31.7. The van der Waals surface area contributed by atoms with Crippen LogP contribution in [0, 0.1) is 59.9 Å². The van der Waals surface area contributed by atoms with Crippen LogP contribution in [0.2, 0.25) is 0 Å². The Balaban J connectivity index is 0.000000200. The van der Waals surface area contributed by atoms with Gasteiger partial charge in [0.2, 0.25) is 0 Å². The van der Waals surface area contributed by atoms with Crippen LogP contribution in [0.4, 0.5) is 0 Å². The molecule has 18 rings (SSSR count). The number of benzene rings is 9. The van der Waals surface area contributed by atoms with Gasteiger partial charge in [0.1, 0.15) is 28.8 Å². The number of ether oxygens (including phenoxy) is 4. The van der Waals surface area contributed by atoms with Crippen molar-refractivity contribution < 1.29 is 129 Å². The number of hydrogen-bond donors (Lipinski definition) is 3. The number of ketones is 3. The fourth-order valence-electron chi connectivity index (χ4n) is 12.9. The molecule has 19 heteroatoms. The molecule has 14 aromatic rings. The molecule has 0 unspecified atom stereocenters. The number of aliphatic hydroxyl groups is 3. The molecular formula is C107H98Ir4N5O10-5. The van der Waals surface area contributed by atoms with Gasteiger partial charge in [0.15, 0.2) is 17.3 Å². The molecule has 4 radical (unpaired) electrons. The maximum Gasteiger partial charge on any atom is 0.164 e. The molecule has 0 atom stereocenters. The first-order chi connectivity index (χ1) is 58.7. The zero-order valence-electron chi connectivity index (χ0n) is 72.2. The molecule has 0 aliphatic carbocycles. The van der Waals surface area contributed by atoms with Crippen molar-refractivity contribution in [2.45, 2.75) is 103 Å². The normalized spacial score (nSPS) is 11.4. The first kappa shape index (κ1) is 101. The number of pyridine rings is 5. The molecule has 0 saturated carbocycles. The maximum absolute atomic E-state index is 11.5. The van der Waals surface area contributed by atoms with E-state index < -0.39 is 5.41 Å². The Labute approximate surface area is 794 Å². The topological polar surface area (TPSA) is 213 Å². The average molecular weight is 2380 g/mol. The van der Waals surface area contributed by atoms with Gasteiger partial charge in [-0.05, 0) is 143 Å². The van der Waals surface area contributed by atoms with Crippen LogP contribution in [0.1, 0.15) is 101 Å². The van der Waals surface area contributed by atoms with Gasteiger partial charge in [-0.1, -0.05) is 195 Å². The number of fused-ring (bicyclic) bond motifs is 20. The van der Waals surface area contributed by atoms with E-state index in [0.717, 1.165) is 147 Å². The van der Waals surface area contributed by atoms with Crippen molar-refractivity contribution in [2.75, 3.05) is 0 Å². The molecule has 0 fully saturated rings. The van der Waals surface area contributed by atoms with Gasteiger partial charge in [-0.2, -0.15) is 0 Å². The number of allylic oxidation sites excluding steroid dienone is 6. The minimum atomic E-state index is -0.417. The SMILES string of the molecule is CC(=O)C=C(C)O.CC(C)(C)C(=O)C=C(O)C(C)(C)C.CC(C)CC(=O)C=C(O)CC(C)C.Cc1ccnc2c1-c1ccccc1Oc1ccc[c-]c1-2.[Ir].[Ir].[Ir].[Ir].[c-]1cccc2c1-c1ncccc1-c1ccccc1O2.[c-]1cccc2c1-c1ncccc1-c1ccccc1O2.[c-]1cccc2c1-c1ncccc1-c1ccccc1O2.[c-]1ccccc1-c1ccccn1. The number of carbonyl (C=O) groups is 3. The summed E-state index contributed by atoms with van der Waals surface area (Å²) >= 11 is 0. The fourth-order valence-corrected chi connectivity index (χ4v) is 12.9. The van der Waals surface area contributed by atoms with Gasteiger partial charge < -0.3 is 59.2 Å². The van der Waals surface area contributed by atoms with E-state index in [2.05, 4.69) is 105 Å². The Morgan fingerprint density at radius 3 is 1.06 bits per heavy atom. The van der Waals surface area contributed by atoms with Crippen molar-refractivity contribution >= 4 is 17.3 Å². The van der Waals surface area contributed by atoms with Crippen LogP contribution in [0.25, 0.3) is 101 Å². The first-order valence-electron chi connectivity index (χ1n) is 40.3. The second kappa shape index (κ2) is 48.6. The minimum Gasteiger partial charge on any atom is -0.512 e. The molecule has 4 aliphatic rings. The maximum atomic E-state index is 11.5. The number of rotatable bonds is 8. The fraction of sp³-hybridized carbons (Fsp3) is 0.178. The molecule has 126 heavy (non-hydrogen) atoms. The van der Waals surface area contributed by atoms with Crippen molar-refractivity contribution in [3.05, 3.63) is 357 Å². The van der Waals surface area contributed by atoms with Gasteiger partial charge in [-0.25, -0.2) is 0 Å². The zero-order valence-corrected chi connectivity index (χ0v) is 81.8. The number of carbonyl (C=O) groups excluding carboxylic acids is 3. The third kappa shape index (κ3) is 27.8. The van der Waals surface area contributed by atoms with Gasteiger partial charge >= 0.3 is 0 Å². The number of hydrogen-bond acceptors (Lipinski definition) is 15. The Morgan fingerprint density at radius 2 is 0.706 bits per heavy atom. The van der Waals surface area contributed by atoms with E-state index in [1.165, 1.54) is 37.6 Å². The van der Waals surface area contributed by atoms with E-state index >= 15 is 0 Å². The van der Waals surface area contributed by atoms with E-state index in [1.54, 1.807) is 24.8 Å². The van der Waals surface area contributed by atoms with Crippen LogP contribution in [0.5, 0.6) is 46.0 Å². The quantitative estimate of drug-likeness (QED) is 0.0733. The Bertz CT molecular complexity index is 5510. The molecule has 0 spiro atoms. The molecule has 5 aromatic heterocycles. The van der Waals surface area contributed by atoms with Crippen molar-refractivity contribution in [3.63, 3.8) is 0 Å². The van der Waals surface area contributed by atoms with Gasteiger partial charge in [0.05, 0.1) is 11.5 Å².